The molecule has 2 nitrogen and oxygen atoms in total. The van der Waals surface area contributed by atoms with Gasteiger partial charge in [-0.25, -0.2) is 0 Å². The minimum absolute atomic E-state index is 0.294. The van der Waals surface area contributed by atoms with Crippen molar-refractivity contribution in [2.45, 2.75) is 25.8 Å². The van der Waals surface area contributed by atoms with Gasteiger partial charge in [-0.1, -0.05) is 36.2 Å². The summed E-state index contributed by atoms with van der Waals surface area (Å²) in [5.41, 5.74) is 2.17. The number of nitrogens with one attached hydrogen (secondary N) is 1. The third-order valence-corrected chi connectivity index (χ3v) is 4.27. The molecule has 0 amide bonds. The van der Waals surface area contributed by atoms with Gasteiger partial charge in [-0.05, 0) is 58.7 Å². The third-order valence-electron chi connectivity index (χ3n) is 3.22. The topological polar surface area (TPSA) is 24.9 Å². The molecule has 1 unspecified atom stereocenters. The van der Waals surface area contributed by atoms with E-state index in [0.717, 1.165) is 35.1 Å². The Labute approximate surface area is 144 Å². The first kappa shape index (κ1) is 16.8. The van der Waals surface area contributed by atoms with E-state index in [1.165, 1.54) is 0 Å². The fourth-order valence-corrected chi connectivity index (χ4v) is 2.96. The van der Waals surface area contributed by atoms with Crippen LogP contribution in [0.25, 0.3) is 0 Å². The zero-order chi connectivity index (χ0) is 15.2. The number of hydrogen-bond acceptors (Lipinski definition) is 2. The maximum absolute atomic E-state index is 6.26. The van der Waals surface area contributed by atoms with Crippen molar-refractivity contribution in [1.82, 2.24) is 10.3 Å². The molecule has 0 saturated heterocycles. The van der Waals surface area contributed by atoms with E-state index in [1.807, 2.05) is 30.5 Å². The van der Waals surface area contributed by atoms with Gasteiger partial charge in [0.1, 0.15) is 0 Å². The molecule has 2 rings (SSSR count). The second-order valence-electron chi connectivity index (χ2n) is 4.87. The zero-order valence-corrected chi connectivity index (χ0v) is 14.8. The van der Waals surface area contributed by atoms with Gasteiger partial charge in [-0.3, -0.25) is 4.98 Å². The van der Waals surface area contributed by atoms with Crippen LogP contribution in [0.3, 0.4) is 0 Å². The van der Waals surface area contributed by atoms with Gasteiger partial charge < -0.3 is 5.32 Å². The second kappa shape index (κ2) is 8.14. The molecule has 2 aromatic rings. The van der Waals surface area contributed by atoms with Crippen molar-refractivity contribution in [3.63, 3.8) is 0 Å². The van der Waals surface area contributed by atoms with Crippen molar-refractivity contribution in [1.29, 1.82) is 0 Å². The molecule has 0 radical (unpaired) electrons. The summed E-state index contributed by atoms with van der Waals surface area (Å²) < 4.78 is 0.993. The molecule has 0 fully saturated rings. The van der Waals surface area contributed by atoms with Crippen LogP contribution in [-0.4, -0.2) is 17.6 Å². The van der Waals surface area contributed by atoms with Gasteiger partial charge in [0.25, 0.3) is 0 Å². The van der Waals surface area contributed by atoms with Crippen LogP contribution < -0.4 is 5.32 Å². The fourth-order valence-electron chi connectivity index (χ4n) is 2.24. The lowest BCUT2D eigenvalue weighted by Crippen LogP contribution is -2.33. The average Bonchev–Trinajstić information content (AvgIpc) is 2.44. The molecule has 0 aliphatic carbocycles. The van der Waals surface area contributed by atoms with Crippen LogP contribution >= 0.6 is 39.1 Å². The lowest BCUT2D eigenvalue weighted by atomic mass is 10.0. The van der Waals surface area contributed by atoms with Crippen molar-refractivity contribution in [2.24, 2.45) is 0 Å². The van der Waals surface area contributed by atoms with Gasteiger partial charge in [0.2, 0.25) is 0 Å². The molecule has 112 valence electrons. The van der Waals surface area contributed by atoms with Crippen LogP contribution in [0, 0.1) is 0 Å². The molecule has 21 heavy (non-hydrogen) atoms. The highest BCUT2D eigenvalue weighted by Gasteiger charge is 2.12. The van der Waals surface area contributed by atoms with Crippen molar-refractivity contribution >= 4 is 39.1 Å². The van der Waals surface area contributed by atoms with Crippen molar-refractivity contribution < 1.29 is 0 Å². The van der Waals surface area contributed by atoms with Gasteiger partial charge in [-0.2, -0.15) is 0 Å². The molecule has 0 bridgehead atoms. The number of benzene rings is 1. The number of likely N-dealkylation sites (N-methyl/N-ethyl adjacent to an activating group) is 1. The zero-order valence-electron chi connectivity index (χ0n) is 11.7. The van der Waals surface area contributed by atoms with Gasteiger partial charge in [-0.15, -0.1) is 0 Å². The quantitative estimate of drug-likeness (QED) is 0.761. The number of aromatic nitrogens is 1. The highest BCUT2D eigenvalue weighted by Crippen LogP contribution is 2.22. The van der Waals surface area contributed by atoms with Gasteiger partial charge in [0.15, 0.2) is 0 Å². The second-order valence-corrected chi connectivity index (χ2v) is 6.63. The molecule has 0 aliphatic rings. The number of nitrogens with zero attached hydrogens (tertiary/aromatic N) is 1. The first-order valence-electron chi connectivity index (χ1n) is 6.86. The van der Waals surface area contributed by atoms with Gasteiger partial charge in [0, 0.05) is 38.9 Å². The predicted molar refractivity (Wildman–Crippen MR) is 93.3 cm³/mol. The molecule has 1 aromatic heterocycles. The summed E-state index contributed by atoms with van der Waals surface area (Å²) in [6, 6.07) is 10.0. The van der Waals surface area contributed by atoms with Gasteiger partial charge >= 0.3 is 0 Å². The van der Waals surface area contributed by atoms with Crippen LogP contribution in [0.4, 0.5) is 0 Å². The Morgan fingerprint density at radius 3 is 2.62 bits per heavy atom. The molecular weight excluding hydrogens is 371 g/mol. The average molecular weight is 388 g/mol. The largest absolute Gasteiger partial charge is 0.314 e. The van der Waals surface area contributed by atoms with Gasteiger partial charge in [0.05, 0.1) is 0 Å². The first-order chi connectivity index (χ1) is 10.1. The summed E-state index contributed by atoms with van der Waals surface area (Å²) in [5, 5.41) is 4.87. The molecule has 5 heteroatoms. The van der Waals surface area contributed by atoms with Crippen LogP contribution in [0.2, 0.25) is 10.0 Å². The summed E-state index contributed by atoms with van der Waals surface area (Å²) in [5.74, 6) is 0. The normalized spacial score (nSPS) is 12.4. The number of halogens is 3. The van der Waals surface area contributed by atoms with Crippen LogP contribution in [-0.2, 0) is 12.8 Å². The molecule has 0 spiro atoms. The summed E-state index contributed by atoms with van der Waals surface area (Å²) >= 11 is 15.6. The van der Waals surface area contributed by atoms with E-state index < -0.39 is 0 Å². The van der Waals surface area contributed by atoms with Crippen molar-refractivity contribution in [3.8, 4) is 0 Å². The minimum Gasteiger partial charge on any atom is -0.314 e. The lowest BCUT2D eigenvalue weighted by Gasteiger charge is -2.18. The first-order valence-corrected chi connectivity index (χ1v) is 8.41. The summed E-state index contributed by atoms with van der Waals surface area (Å²) in [6.07, 6.45) is 3.54. The molecule has 1 atom stereocenters. The van der Waals surface area contributed by atoms with Crippen molar-refractivity contribution in [3.05, 3.63) is 62.3 Å². The van der Waals surface area contributed by atoms with E-state index in [4.69, 9.17) is 23.2 Å². The van der Waals surface area contributed by atoms with E-state index >= 15 is 0 Å². The van der Waals surface area contributed by atoms with E-state index in [9.17, 15) is 0 Å². The Morgan fingerprint density at radius 1 is 1.19 bits per heavy atom. The molecule has 0 saturated carbocycles. The Bertz CT molecular complexity index is 587. The predicted octanol–water partition coefficient (Wildman–Crippen LogP) is 4.91. The Hall–Kier alpha value is -0.610. The Balaban J connectivity index is 2.09. The molecule has 1 aromatic carbocycles. The lowest BCUT2D eigenvalue weighted by molar-refractivity contribution is 0.516. The van der Waals surface area contributed by atoms with E-state index in [1.54, 1.807) is 6.07 Å². The summed E-state index contributed by atoms with van der Waals surface area (Å²) in [6.45, 7) is 3.01. The van der Waals surface area contributed by atoms with E-state index in [2.05, 4.69) is 33.2 Å². The summed E-state index contributed by atoms with van der Waals surface area (Å²) in [4.78, 5) is 4.44. The number of pyridine rings is 1. The van der Waals surface area contributed by atoms with E-state index in [-0.39, 0.29) is 0 Å². The monoisotopic (exact) mass is 386 g/mol. The molecule has 0 aliphatic heterocycles. The Kier molecular flexibility index (Phi) is 6.49. The third kappa shape index (κ3) is 5.26. The smallest absolute Gasteiger partial charge is 0.0453 e. The molecule has 1 N–H and O–H groups in total. The van der Waals surface area contributed by atoms with Crippen LogP contribution in [0.1, 0.15) is 18.2 Å². The van der Waals surface area contributed by atoms with Crippen LogP contribution in [0.5, 0.6) is 0 Å². The number of hydrogen-bond donors (Lipinski definition) is 1. The maximum atomic E-state index is 6.26. The SMILES string of the molecule is CCNC(Cc1ccc(Br)cn1)Cc1ccc(Cl)cc1Cl. The fraction of sp³-hybridized carbons (Fsp3) is 0.312. The highest BCUT2D eigenvalue weighted by atomic mass is 79.9. The molecule has 1 heterocycles. The number of rotatable bonds is 6. The standard InChI is InChI=1S/C16H17BrCl2N2/c1-2-20-15(9-14-6-4-12(17)10-21-14)7-11-3-5-13(18)8-16(11)19/h3-6,8,10,15,20H,2,7,9H2,1H3. The van der Waals surface area contributed by atoms with Crippen LogP contribution in [0.15, 0.2) is 41.0 Å². The highest BCUT2D eigenvalue weighted by molar-refractivity contribution is 9.10. The Morgan fingerprint density at radius 2 is 2.00 bits per heavy atom. The minimum atomic E-state index is 0.294. The summed E-state index contributed by atoms with van der Waals surface area (Å²) in [7, 11) is 0. The van der Waals surface area contributed by atoms with E-state index in [0.29, 0.717) is 16.1 Å². The maximum Gasteiger partial charge on any atom is 0.0453 e. The molecular formula is C16H17BrCl2N2. The van der Waals surface area contributed by atoms with Crippen molar-refractivity contribution in [2.75, 3.05) is 6.54 Å².